The van der Waals surface area contributed by atoms with Gasteiger partial charge in [0.25, 0.3) is 0 Å². The van der Waals surface area contributed by atoms with Gasteiger partial charge in [0, 0.05) is 0 Å². The summed E-state index contributed by atoms with van der Waals surface area (Å²) in [6.07, 6.45) is 1.25. The molecule has 2 N–H and O–H groups in total. The van der Waals surface area contributed by atoms with Gasteiger partial charge in [-0.1, -0.05) is 67.2 Å². The Balaban J connectivity index is 0.000000339. The summed E-state index contributed by atoms with van der Waals surface area (Å²) in [5.74, 6) is 0. The van der Waals surface area contributed by atoms with E-state index in [0.717, 1.165) is 0 Å². The summed E-state index contributed by atoms with van der Waals surface area (Å²) in [7, 11) is 0. The number of benzene rings is 4. The highest BCUT2D eigenvalue weighted by atomic mass is 14.5. The van der Waals surface area contributed by atoms with Gasteiger partial charge < -0.3 is 5.73 Å². The number of rotatable bonds is 0. The third kappa shape index (κ3) is 1.80. The van der Waals surface area contributed by atoms with Crippen molar-refractivity contribution in [3.8, 4) is 0 Å². The van der Waals surface area contributed by atoms with Gasteiger partial charge in [-0.3, -0.25) is 0 Å². The molecule has 0 unspecified atom stereocenters. The second-order valence-electron chi connectivity index (χ2n) is 4.53. The third-order valence-electron chi connectivity index (χ3n) is 3.39. The first-order valence-corrected chi connectivity index (χ1v) is 6.30. The molecule has 0 aliphatic carbocycles. The maximum absolute atomic E-state index is 4.61. The standard InChI is InChI=1S/C16H10.C2H5N/c1-3-11-7-9-13-5-2-6-14-10-8-12(4-1)15(11)16(13)14;1-2-3/h1-10H;2H,1,3H2. The smallest absolute Gasteiger partial charge is 0.00268 e. The Kier molecular flexibility index (Phi) is 2.81. The lowest BCUT2D eigenvalue weighted by Crippen LogP contribution is -1.82. The SMILES string of the molecule is C=CN.c1cc2ccc3cccc4ccc(c1)c2c34. The third-order valence-corrected chi connectivity index (χ3v) is 3.39. The number of hydrogen-bond donors (Lipinski definition) is 1. The van der Waals surface area contributed by atoms with Crippen LogP contribution in [0.1, 0.15) is 0 Å². The highest BCUT2D eigenvalue weighted by molar-refractivity contribution is 6.22. The molecule has 0 heterocycles. The zero-order chi connectivity index (χ0) is 13.2. The lowest BCUT2D eigenvalue weighted by Gasteiger charge is -2.09. The molecule has 92 valence electrons. The summed E-state index contributed by atoms with van der Waals surface area (Å²) < 4.78 is 0. The first-order valence-electron chi connectivity index (χ1n) is 6.30. The van der Waals surface area contributed by atoms with Crippen molar-refractivity contribution in [2.24, 2.45) is 5.73 Å². The summed E-state index contributed by atoms with van der Waals surface area (Å²) in [5.41, 5.74) is 4.61. The van der Waals surface area contributed by atoms with Crippen LogP contribution in [0.4, 0.5) is 0 Å². The van der Waals surface area contributed by atoms with Crippen molar-refractivity contribution in [2.75, 3.05) is 0 Å². The van der Waals surface area contributed by atoms with E-state index in [4.69, 9.17) is 0 Å². The molecule has 0 fully saturated rings. The minimum Gasteiger partial charge on any atom is -0.405 e. The van der Waals surface area contributed by atoms with Crippen LogP contribution in [0.15, 0.2) is 73.4 Å². The Morgan fingerprint density at radius 3 is 1.16 bits per heavy atom. The Labute approximate surface area is 112 Å². The van der Waals surface area contributed by atoms with Gasteiger partial charge in [-0.05, 0) is 38.5 Å². The van der Waals surface area contributed by atoms with Crippen LogP contribution < -0.4 is 5.73 Å². The Morgan fingerprint density at radius 1 is 0.632 bits per heavy atom. The van der Waals surface area contributed by atoms with Gasteiger partial charge in [0.15, 0.2) is 0 Å². The van der Waals surface area contributed by atoms with Crippen molar-refractivity contribution in [3.63, 3.8) is 0 Å². The highest BCUT2D eigenvalue weighted by Gasteiger charge is 2.05. The molecule has 0 atom stereocenters. The van der Waals surface area contributed by atoms with Crippen LogP contribution in [-0.2, 0) is 0 Å². The first kappa shape index (κ1) is 11.5. The minimum atomic E-state index is 1.25. The monoisotopic (exact) mass is 245 g/mol. The molecule has 0 bridgehead atoms. The van der Waals surface area contributed by atoms with Crippen molar-refractivity contribution in [2.45, 2.75) is 0 Å². The zero-order valence-electron chi connectivity index (χ0n) is 10.6. The van der Waals surface area contributed by atoms with Crippen molar-refractivity contribution in [1.29, 1.82) is 0 Å². The van der Waals surface area contributed by atoms with Crippen LogP contribution in [0.25, 0.3) is 32.3 Å². The van der Waals surface area contributed by atoms with Gasteiger partial charge in [-0.25, -0.2) is 0 Å². The van der Waals surface area contributed by atoms with E-state index in [1.165, 1.54) is 38.5 Å². The molecule has 4 aromatic carbocycles. The molecule has 4 rings (SSSR count). The van der Waals surface area contributed by atoms with Crippen molar-refractivity contribution >= 4 is 32.3 Å². The largest absolute Gasteiger partial charge is 0.405 e. The molecule has 0 aliphatic heterocycles. The van der Waals surface area contributed by atoms with Gasteiger partial charge in [0.05, 0.1) is 0 Å². The molecule has 1 nitrogen and oxygen atoms in total. The van der Waals surface area contributed by atoms with Crippen LogP contribution >= 0.6 is 0 Å². The minimum absolute atomic E-state index is 1.25. The Morgan fingerprint density at radius 2 is 0.895 bits per heavy atom. The van der Waals surface area contributed by atoms with Gasteiger partial charge in [0.2, 0.25) is 0 Å². The first-order chi connectivity index (χ1) is 9.35. The summed E-state index contributed by atoms with van der Waals surface area (Å²) in [4.78, 5) is 0. The number of nitrogens with two attached hydrogens (primary N) is 1. The molecule has 0 radical (unpaired) electrons. The molecule has 0 aromatic heterocycles. The topological polar surface area (TPSA) is 26.0 Å². The summed E-state index contributed by atoms with van der Waals surface area (Å²) in [5, 5.41) is 8.14. The fourth-order valence-corrected chi connectivity index (χ4v) is 2.67. The van der Waals surface area contributed by atoms with Gasteiger partial charge >= 0.3 is 0 Å². The van der Waals surface area contributed by atoms with E-state index in [9.17, 15) is 0 Å². The summed E-state index contributed by atoms with van der Waals surface area (Å²) >= 11 is 0. The molecular weight excluding hydrogens is 230 g/mol. The maximum atomic E-state index is 4.61. The normalized spacial score (nSPS) is 10.5. The van der Waals surface area contributed by atoms with E-state index in [2.05, 4.69) is 73.0 Å². The fraction of sp³-hybridized carbons (Fsp3) is 0. The Hall–Kier alpha value is -2.54. The highest BCUT2D eigenvalue weighted by Crippen LogP contribution is 2.33. The molecule has 0 aliphatic rings. The van der Waals surface area contributed by atoms with E-state index in [1.54, 1.807) is 0 Å². The molecule has 0 spiro atoms. The van der Waals surface area contributed by atoms with Crippen LogP contribution in [-0.4, -0.2) is 0 Å². The molecule has 4 aromatic rings. The van der Waals surface area contributed by atoms with Crippen LogP contribution in [0.3, 0.4) is 0 Å². The summed E-state index contributed by atoms with van der Waals surface area (Å²) in [6, 6.07) is 21.9. The lowest BCUT2D eigenvalue weighted by molar-refractivity contribution is 1.64. The van der Waals surface area contributed by atoms with Crippen molar-refractivity contribution < 1.29 is 0 Å². The predicted molar refractivity (Wildman–Crippen MR) is 84.5 cm³/mol. The van der Waals surface area contributed by atoms with E-state index in [-0.39, 0.29) is 0 Å². The van der Waals surface area contributed by atoms with Crippen LogP contribution in [0.5, 0.6) is 0 Å². The van der Waals surface area contributed by atoms with E-state index < -0.39 is 0 Å². The molecule has 19 heavy (non-hydrogen) atoms. The average molecular weight is 245 g/mol. The average Bonchev–Trinajstić information content (AvgIpc) is 2.46. The van der Waals surface area contributed by atoms with Crippen LogP contribution in [0.2, 0.25) is 0 Å². The Bertz CT molecular complexity index is 716. The molecule has 0 saturated carbocycles. The molecule has 0 saturated heterocycles. The van der Waals surface area contributed by atoms with E-state index in [0.29, 0.717) is 0 Å². The van der Waals surface area contributed by atoms with Gasteiger partial charge in [0.1, 0.15) is 0 Å². The fourth-order valence-electron chi connectivity index (χ4n) is 2.67. The summed E-state index contributed by atoms with van der Waals surface area (Å²) in [6.45, 7) is 3.14. The molecular formula is C18H15N. The predicted octanol–water partition coefficient (Wildman–Crippen LogP) is 4.67. The van der Waals surface area contributed by atoms with E-state index >= 15 is 0 Å². The van der Waals surface area contributed by atoms with Crippen molar-refractivity contribution in [1.82, 2.24) is 0 Å². The maximum Gasteiger partial charge on any atom is -0.00268 e. The van der Waals surface area contributed by atoms with E-state index in [1.807, 2.05) is 0 Å². The van der Waals surface area contributed by atoms with Gasteiger partial charge in [-0.2, -0.15) is 0 Å². The zero-order valence-corrected chi connectivity index (χ0v) is 10.6. The van der Waals surface area contributed by atoms with Crippen LogP contribution in [0, 0.1) is 0 Å². The molecule has 1 heteroatoms. The number of hydrogen-bond acceptors (Lipinski definition) is 1. The second kappa shape index (κ2) is 4.62. The van der Waals surface area contributed by atoms with Crippen molar-refractivity contribution in [3.05, 3.63) is 73.4 Å². The lowest BCUT2D eigenvalue weighted by atomic mass is 9.95. The molecule has 0 amide bonds. The quantitative estimate of drug-likeness (QED) is 0.447. The van der Waals surface area contributed by atoms with Gasteiger partial charge in [-0.15, -0.1) is 0 Å². The second-order valence-corrected chi connectivity index (χ2v) is 4.53.